The van der Waals surface area contributed by atoms with E-state index in [2.05, 4.69) is 26.0 Å². The monoisotopic (exact) mass is 574 g/mol. The van der Waals surface area contributed by atoms with Crippen LogP contribution in [0.5, 0.6) is 0 Å². The summed E-state index contributed by atoms with van der Waals surface area (Å²) in [5.74, 6) is -0.316. The minimum Gasteiger partial charge on any atom is -0.457 e. The lowest BCUT2D eigenvalue weighted by molar-refractivity contribution is -0.143. The van der Waals surface area contributed by atoms with E-state index in [1.165, 1.54) is 12.0 Å². The first kappa shape index (κ1) is 32.8. The Bertz CT molecular complexity index is 1240. The van der Waals surface area contributed by atoms with Crippen molar-refractivity contribution in [1.82, 2.24) is 0 Å². The summed E-state index contributed by atoms with van der Waals surface area (Å²) in [5.41, 5.74) is 1.81. The van der Waals surface area contributed by atoms with Crippen LogP contribution < -0.4 is 0 Å². The molecule has 0 saturated heterocycles. The van der Waals surface area contributed by atoms with E-state index in [0.29, 0.717) is 30.9 Å². The van der Waals surface area contributed by atoms with Crippen molar-refractivity contribution in [2.45, 2.75) is 90.6 Å². The molecule has 3 aromatic rings. The van der Waals surface area contributed by atoms with Crippen LogP contribution >= 0.6 is 0 Å². The third-order valence-electron chi connectivity index (χ3n) is 7.60. The summed E-state index contributed by atoms with van der Waals surface area (Å²) in [6.07, 6.45) is 8.13. The minimum absolute atomic E-state index is 0.0639. The second kappa shape index (κ2) is 18.7. The Kier molecular flexibility index (Phi) is 14.6. The van der Waals surface area contributed by atoms with E-state index >= 15 is 0 Å². The van der Waals surface area contributed by atoms with E-state index in [1.54, 1.807) is 6.07 Å². The molecule has 3 rings (SSSR count). The number of carbonyl (C=O) groups is 3. The number of carbonyl (C=O) groups excluding carboxylic acids is 3. The summed E-state index contributed by atoms with van der Waals surface area (Å²) in [4.78, 5) is 37.5. The van der Waals surface area contributed by atoms with Gasteiger partial charge in [-0.2, -0.15) is 0 Å². The minimum atomic E-state index is -0.691. The third kappa shape index (κ3) is 12.5. The van der Waals surface area contributed by atoms with Gasteiger partial charge in [-0.15, -0.1) is 0 Å². The summed E-state index contributed by atoms with van der Waals surface area (Å²) in [6.45, 7) is 4.31. The summed E-state index contributed by atoms with van der Waals surface area (Å²) >= 11 is 0. The molecule has 0 heterocycles. The first-order chi connectivity index (χ1) is 20.4. The van der Waals surface area contributed by atoms with Crippen LogP contribution in [0, 0.1) is 5.92 Å². The zero-order valence-corrected chi connectivity index (χ0v) is 25.2. The topological polar surface area (TPSA) is 78.9 Å². The van der Waals surface area contributed by atoms with Crippen molar-refractivity contribution in [3.8, 4) is 0 Å². The number of Topliss-reactive ketones (excluding diaryl/α,β-unsaturated/α-hetero) is 1. The fourth-order valence-corrected chi connectivity index (χ4v) is 4.90. The number of unbranched alkanes of at least 4 members (excludes halogenated alkanes) is 4. The van der Waals surface area contributed by atoms with Crippen molar-refractivity contribution in [1.29, 1.82) is 0 Å². The Labute approximate surface area is 250 Å². The van der Waals surface area contributed by atoms with E-state index in [-0.39, 0.29) is 18.8 Å². The molecule has 0 amide bonds. The van der Waals surface area contributed by atoms with Crippen LogP contribution in [0.15, 0.2) is 72.8 Å². The van der Waals surface area contributed by atoms with Gasteiger partial charge in [-0.3, -0.25) is 9.59 Å². The average Bonchev–Trinajstić information content (AvgIpc) is 3.01. The molecular formula is C36H46O6. The second-order valence-corrected chi connectivity index (χ2v) is 11.1. The number of rotatable bonds is 19. The highest BCUT2D eigenvalue weighted by Crippen LogP contribution is 2.18. The standard InChI is InChI=1S/C36H46O6/c1-3-4-5-6-10-17-33(42-36(39)40-25-24-28(2)18-19-29-13-8-7-9-14-29)22-23-35(38)41-27-34(37)32-21-20-30-15-11-12-16-31(30)26-32/h7-9,11-16,20-21,26,28,33H,3-6,10,17-19,22-25,27H2,1-2H3. The van der Waals surface area contributed by atoms with Crippen LogP contribution in [0.1, 0.15) is 94.0 Å². The molecule has 0 spiro atoms. The predicted molar refractivity (Wildman–Crippen MR) is 167 cm³/mol. The van der Waals surface area contributed by atoms with Crippen LogP contribution in [0.4, 0.5) is 4.79 Å². The lowest BCUT2D eigenvalue weighted by Crippen LogP contribution is -2.22. The predicted octanol–water partition coefficient (Wildman–Crippen LogP) is 8.89. The molecule has 6 heteroatoms. The Hall–Kier alpha value is -3.67. The number of hydrogen-bond acceptors (Lipinski definition) is 6. The normalized spacial score (nSPS) is 12.4. The number of hydrogen-bond donors (Lipinski definition) is 0. The van der Waals surface area contributed by atoms with Gasteiger partial charge in [0.05, 0.1) is 6.61 Å². The molecule has 0 aliphatic rings. The van der Waals surface area contributed by atoms with Gasteiger partial charge in [0.2, 0.25) is 0 Å². The molecule has 0 radical (unpaired) electrons. The highest BCUT2D eigenvalue weighted by Gasteiger charge is 2.19. The maximum atomic E-state index is 12.6. The highest BCUT2D eigenvalue weighted by molar-refractivity contribution is 6.01. The van der Waals surface area contributed by atoms with Gasteiger partial charge in [-0.1, -0.05) is 106 Å². The third-order valence-corrected chi connectivity index (χ3v) is 7.60. The van der Waals surface area contributed by atoms with Gasteiger partial charge in [-0.25, -0.2) is 4.79 Å². The van der Waals surface area contributed by atoms with Crippen molar-refractivity contribution in [2.24, 2.45) is 5.92 Å². The van der Waals surface area contributed by atoms with Crippen molar-refractivity contribution in [3.63, 3.8) is 0 Å². The Morgan fingerprint density at radius 1 is 0.738 bits per heavy atom. The van der Waals surface area contributed by atoms with Crippen molar-refractivity contribution in [3.05, 3.63) is 83.9 Å². The van der Waals surface area contributed by atoms with Gasteiger partial charge in [0, 0.05) is 12.0 Å². The molecule has 0 bridgehead atoms. The number of esters is 1. The molecule has 2 unspecified atom stereocenters. The van der Waals surface area contributed by atoms with Gasteiger partial charge in [0.25, 0.3) is 0 Å². The van der Waals surface area contributed by atoms with E-state index in [9.17, 15) is 14.4 Å². The fourth-order valence-electron chi connectivity index (χ4n) is 4.90. The molecule has 0 aliphatic heterocycles. The summed E-state index contributed by atoms with van der Waals surface area (Å²) < 4.78 is 16.3. The highest BCUT2D eigenvalue weighted by atomic mass is 16.7. The van der Waals surface area contributed by atoms with Crippen molar-refractivity contribution >= 4 is 28.7 Å². The van der Waals surface area contributed by atoms with Crippen LogP contribution in [0.25, 0.3) is 10.8 Å². The summed E-state index contributed by atoms with van der Waals surface area (Å²) in [7, 11) is 0. The first-order valence-corrected chi connectivity index (χ1v) is 15.5. The molecular weight excluding hydrogens is 528 g/mol. The lowest BCUT2D eigenvalue weighted by Gasteiger charge is -2.18. The first-order valence-electron chi connectivity index (χ1n) is 15.5. The lowest BCUT2D eigenvalue weighted by atomic mass is 9.99. The second-order valence-electron chi connectivity index (χ2n) is 11.1. The Morgan fingerprint density at radius 2 is 1.48 bits per heavy atom. The SMILES string of the molecule is CCCCCCCC(CCC(=O)OCC(=O)c1ccc2ccccc2c1)OC(=O)OCCC(C)CCc1ccccc1. The maximum Gasteiger partial charge on any atom is 0.508 e. The van der Waals surface area contributed by atoms with Gasteiger partial charge in [0.1, 0.15) is 6.10 Å². The van der Waals surface area contributed by atoms with Crippen LogP contribution in [-0.2, 0) is 25.4 Å². The van der Waals surface area contributed by atoms with Crippen molar-refractivity contribution < 1.29 is 28.6 Å². The zero-order valence-electron chi connectivity index (χ0n) is 25.2. The van der Waals surface area contributed by atoms with Gasteiger partial charge in [0.15, 0.2) is 12.4 Å². The molecule has 42 heavy (non-hydrogen) atoms. The molecule has 3 aromatic carbocycles. The van der Waals surface area contributed by atoms with E-state index in [1.807, 2.05) is 54.6 Å². The smallest absolute Gasteiger partial charge is 0.457 e. The quantitative estimate of drug-likeness (QED) is 0.0808. The molecule has 2 atom stereocenters. The van der Waals surface area contributed by atoms with E-state index < -0.39 is 18.2 Å². The van der Waals surface area contributed by atoms with Gasteiger partial charge < -0.3 is 14.2 Å². The Balaban J connectivity index is 1.39. The number of fused-ring (bicyclic) bond motifs is 1. The average molecular weight is 575 g/mol. The number of ketones is 1. The summed E-state index contributed by atoms with van der Waals surface area (Å²) in [6, 6.07) is 23.6. The molecule has 0 fully saturated rings. The van der Waals surface area contributed by atoms with Gasteiger partial charge >= 0.3 is 12.1 Å². The fraction of sp³-hybridized carbons (Fsp3) is 0.472. The molecule has 0 N–H and O–H groups in total. The molecule has 6 nitrogen and oxygen atoms in total. The molecule has 0 aromatic heterocycles. The number of ether oxygens (including phenoxy) is 3. The van der Waals surface area contributed by atoms with E-state index in [4.69, 9.17) is 14.2 Å². The maximum absolute atomic E-state index is 12.6. The van der Waals surface area contributed by atoms with Crippen molar-refractivity contribution in [2.75, 3.05) is 13.2 Å². The Morgan fingerprint density at radius 3 is 2.26 bits per heavy atom. The molecule has 0 aliphatic carbocycles. The molecule has 226 valence electrons. The molecule has 0 saturated carbocycles. The number of aryl methyl sites for hydroxylation is 1. The van der Waals surface area contributed by atoms with Crippen LogP contribution in [0.3, 0.4) is 0 Å². The zero-order chi connectivity index (χ0) is 30.0. The largest absolute Gasteiger partial charge is 0.508 e. The number of benzene rings is 3. The van der Waals surface area contributed by atoms with Crippen LogP contribution in [0.2, 0.25) is 0 Å². The van der Waals surface area contributed by atoms with Crippen LogP contribution in [-0.4, -0.2) is 37.2 Å². The van der Waals surface area contributed by atoms with Gasteiger partial charge in [-0.05, 0) is 66.8 Å². The van der Waals surface area contributed by atoms with E-state index in [0.717, 1.165) is 55.7 Å². The summed E-state index contributed by atoms with van der Waals surface area (Å²) in [5, 5.41) is 2.00.